The molecule has 0 saturated heterocycles. The van der Waals surface area contributed by atoms with E-state index >= 15 is 0 Å². The van der Waals surface area contributed by atoms with Crippen molar-refractivity contribution in [3.05, 3.63) is 0 Å². The van der Waals surface area contributed by atoms with Crippen LogP contribution in [0.4, 0.5) is 0 Å². The number of nitrogens with one attached hydrogen (secondary N) is 1. The Labute approximate surface area is 117 Å². The first-order valence-corrected chi connectivity index (χ1v) is 9.10. The summed E-state index contributed by atoms with van der Waals surface area (Å²) in [4.78, 5) is 0. The highest BCUT2D eigenvalue weighted by Crippen LogP contribution is 2.54. The summed E-state index contributed by atoms with van der Waals surface area (Å²) in [5.74, 6) is 7.70. The predicted octanol–water partition coefficient (Wildman–Crippen LogP) is 3.84. The minimum absolute atomic E-state index is 0.924. The summed E-state index contributed by atoms with van der Waals surface area (Å²) in [7, 11) is 0. The molecule has 1 nitrogen and oxygen atoms in total. The average molecular weight is 259 g/mol. The summed E-state index contributed by atoms with van der Waals surface area (Å²) in [6.07, 6.45) is 14.1. The zero-order valence-corrected chi connectivity index (χ0v) is 12.2. The molecule has 0 aromatic carbocycles. The van der Waals surface area contributed by atoms with Crippen molar-refractivity contribution in [2.75, 3.05) is 6.54 Å². The van der Waals surface area contributed by atoms with E-state index in [0.29, 0.717) is 0 Å². The van der Waals surface area contributed by atoms with Crippen LogP contribution in [0.2, 0.25) is 0 Å². The van der Waals surface area contributed by atoms with Crippen LogP contribution in [0.15, 0.2) is 0 Å². The lowest BCUT2D eigenvalue weighted by Crippen LogP contribution is -2.55. The SMILES string of the molecule is C1C2CC3CC1CC(C2)C3NCC(C1CC1)C1CC1. The summed E-state index contributed by atoms with van der Waals surface area (Å²) in [5, 5.41) is 4.11. The maximum Gasteiger partial charge on any atom is 0.0124 e. The lowest BCUT2D eigenvalue weighted by molar-refractivity contribution is -0.0153. The topological polar surface area (TPSA) is 12.0 Å². The maximum absolute atomic E-state index is 4.11. The van der Waals surface area contributed by atoms with Gasteiger partial charge in [0, 0.05) is 6.04 Å². The van der Waals surface area contributed by atoms with Gasteiger partial charge in [0.25, 0.3) is 0 Å². The monoisotopic (exact) mass is 259 g/mol. The van der Waals surface area contributed by atoms with Crippen LogP contribution in [-0.4, -0.2) is 12.6 Å². The first kappa shape index (κ1) is 11.6. The van der Waals surface area contributed by atoms with Crippen molar-refractivity contribution < 1.29 is 0 Å². The zero-order chi connectivity index (χ0) is 12.4. The van der Waals surface area contributed by atoms with E-state index < -0.39 is 0 Å². The van der Waals surface area contributed by atoms with Crippen LogP contribution in [0.5, 0.6) is 0 Å². The van der Waals surface area contributed by atoms with Crippen LogP contribution >= 0.6 is 0 Å². The van der Waals surface area contributed by atoms with Gasteiger partial charge < -0.3 is 5.32 Å². The summed E-state index contributed by atoms with van der Waals surface area (Å²) in [6.45, 7) is 1.38. The third-order valence-electron chi connectivity index (χ3n) is 7.27. The molecule has 0 heterocycles. The smallest absolute Gasteiger partial charge is 0.0124 e. The molecule has 0 atom stereocenters. The fraction of sp³-hybridized carbons (Fsp3) is 1.00. The highest BCUT2D eigenvalue weighted by molar-refractivity contribution is 5.02. The highest BCUT2D eigenvalue weighted by Gasteiger charge is 2.49. The van der Waals surface area contributed by atoms with E-state index in [-0.39, 0.29) is 0 Å². The Morgan fingerprint density at radius 3 is 1.74 bits per heavy atom. The standard InChI is InChI=1S/C18H29N/c1-2-13(1)17(14-3-4-14)10-19-18-15-6-11-5-12(8-15)9-16(18)7-11/h11-19H,1-10H2. The molecule has 6 saturated carbocycles. The van der Waals surface area contributed by atoms with Crippen molar-refractivity contribution in [3.8, 4) is 0 Å². The third kappa shape index (κ3) is 2.07. The van der Waals surface area contributed by atoms with Gasteiger partial charge in [0.2, 0.25) is 0 Å². The summed E-state index contributed by atoms with van der Waals surface area (Å²) >= 11 is 0. The van der Waals surface area contributed by atoms with Crippen LogP contribution in [0, 0.1) is 41.4 Å². The van der Waals surface area contributed by atoms with Crippen LogP contribution in [-0.2, 0) is 0 Å². The third-order valence-corrected chi connectivity index (χ3v) is 7.27. The van der Waals surface area contributed by atoms with Crippen molar-refractivity contribution in [2.24, 2.45) is 41.4 Å². The second-order valence-electron chi connectivity index (χ2n) is 8.70. The van der Waals surface area contributed by atoms with Crippen LogP contribution in [0.25, 0.3) is 0 Å². The molecule has 106 valence electrons. The second kappa shape index (κ2) is 4.23. The summed E-state index contributed by atoms with van der Waals surface area (Å²) in [6, 6.07) is 0.924. The Hall–Kier alpha value is -0.0400. The van der Waals surface area contributed by atoms with Gasteiger partial charge in [0.1, 0.15) is 0 Å². The van der Waals surface area contributed by atoms with Crippen molar-refractivity contribution in [1.82, 2.24) is 5.32 Å². The molecule has 0 aromatic heterocycles. The first-order chi connectivity index (χ1) is 9.37. The van der Waals surface area contributed by atoms with Gasteiger partial charge in [-0.15, -0.1) is 0 Å². The lowest BCUT2D eigenvalue weighted by Gasteiger charge is -2.54. The molecule has 4 bridgehead atoms. The van der Waals surface area contributed by atoms with Crippen LogP contribution in [0.1, 0.15) is 57.8 Å². The molecule has 6 aliphatic carbocycles. The van der Waals surface area contributed by atoms with Gasteiger partial charge in [-0.1, -0.05) is 0 Å². The van der Waals surface area contributed by atoms with Gasteiger partial charge in [-0.3, -0.25) is 0 Å². The van der Waals surface area contributed by atoms with E-state index in [1.54, 1.807) is 57.8 Å². The zero-order valence-electron chi connectivity index (χ0n) is 12.2. The summed E-state index contributed by atoms with van der Waals surface area (Å²) < 4.78 is 0. The van der Waals surface area contributed by atoms with Crippen molar-refractivity contribution in [3.63, 3.8) is 0 Å². The average Bonchev–Trinajstić information content (AvgIpc) is 3.25. The molecule has 6 fully saturated rings. The van der Waals surface area contributed by atoms with E-state index in [2.05, 4.69) is 5.32 Å². The Bertz CT molecular complexity index is 315. The van der Waals surface area contributed by atoms with E-state index in [1.807, 2.05) is 0 Å². The maximum atomic E-state index is 4.11. The Kier molecular flexibility index (Phi) is 2.58. The molecular weight excluding hydrogens is 230 g/mol. The molecule has 0 spiro atoms. The Morgan fingerprint density at radius 2 is 1.26 bits per heavy atom. The second-order valence-corrected chi connectivity index (χ2v) is 8.70. The molecular formula is C18H29N. The lowest BCUT2D eigenvalue weighted by atomic mass is 9.54. The largest absolute Gasteiger partial charge is 0.313 e. The molecule has 1 N–H and O–H groups in total. The fourth-order valence-electron chi connectivity index (χ4n) is 6.30. The van der Waals surface area contributed by atoms with E-state index in [1.165, 1.54) is 6.54 Å². The molecule has 0 aromatic rings. The minimum Gasteiger partial charge on any atom is -0.313 e. The van der Waals surface area contributed by atoms with Gasteiger partial charge >= 0.3 is 0 Å². The van der Waals surface area contributed by atoms with Crippen molar-refractivity contribution in [1.29, 1.82) is 0 Å². The quantitative estimate of drug-likeness (QED) is 0.791. The van der Waals surface area contributed by atoms with Crippen LogP contribution < -0.4 is 5.32 Å². The van der Waals surface area contributed by atoms with Crippen molar-refractivity contribution in [2.45, 2.75) is 63.8 Å². The van der Waals surface area contributed by atoms with Crippen LogP contribution in [0.3, 0.4) is 0 Å². The molecule has 0 unspecified atom stereocenters. The van der Waals surface area contributed by atoms with E-state index in [4.69, 9.17) is 0 Å². The minimum atomic E-state index is 0.924. The predicted molar refractivity (Wildman–Crippen MR) is 77.8 cm³/mol. The highest BCUT2D eigenvalue weighted by atomic mass is 15.0. The molecule has 6 rings (SSSR count). The van der Waals surface area contributed by atoms with Gasteiger partial charge in [0.05, 0.1) is 0 Å². The molecule has 0 radical (unpaired) electrons. The normalized spacial score (nSPS) is 48.2. The molecule has 0 aliphatic heterocycles. The Morgan fingerprint density at radius 1 is 0.737 bits per heavy atom. The number of hydrogen-bond acceptors (Lipinski definition) is 1. The van der Waals surface area contributed by atoms with E-state index in [9.17, 15) is 0 Å². The van der Waals surface area contributed by atoms with Crippen molar-refractivity contribution >= 4 is 0 Å². The molecule has 6 aliphatic rings. The van der Waals surface area contributed by atoms with Gasteiger partial charge in [-0.05, 0) is 106 Å². The fourth-order valence-corrected chi connectivity index (χ4v) is 6.30. The van der Waals surface area contributed by atoms with Gasteiger partial charge in [0.15, 0.2) is 0 Å². The number of rotatable bonds is 5. The summed E-state index contributed by atoms with van der Waals surface area (Å²) in [5.41, 5.74) is 0. The van der Waals surface area contributed by atoms with E-state index in [0.717, 1.165) is 47.5 Å². The van der Waals surface area contributed by atoms with Gasteiger partial charge in [-0.2, -0.15) is 0 Å². The first-order valence-electron chi connectivity index (χ1n) is 9.10. The Balaban J connectivity index is 1.24. The van der Waals surface area contributed by atoms with Gasteiger partial charge in [-0.25, -0.2) is 0 Å². The molecule has 19 heavy (non-hydrogen) atoms. The molecule has 0 amide bonds. The number of hydrogen-bond donors (Lipinski definition) is 1. The molecule has 1 heteroatoms.